The van der Waals surface area contributed by atoms with Crippen LogP contribution in [0.1, 0.15) is 26.3 Å². The fourth-order valence-corrected chi connectivity index (χ4v) is 2.76. The molecule has 0 saturated carbocycles. The van der Waals surface area contributed by atoms with E-state index in [1.165, 1.54) is 18.2 Å². The molecule has 0 fully saturated rings. The number of primary amides is 2. The van der Waals surface area contributed by atoms with Crippen molar-refractivity contribution in [3.8, 4) is 11.1 Å². The third-order valence-electron chi connectivity index (χ3n) is 3.76. The number of halogens is 1. The Hall–Kier alpha value is -3.42. The van der Waals surface area contributed by atoms with E-state index in [2.05, 4.69) is 10.6 Å². The molecule has 1 aliphatic heterocycles. The van der Waals surface area contributed by atoms with Crippen LogP contribution in [0.5, 0.6) is 0 Å². The third-order valence-corrected chi connectivity index (χ3v) is 3.76. The van der Waals surface area contributed by atoms with Gasteiger partial charge >= 0.3 is 6.03 Å². The molecular weight excluding hydrogens is 315 g/mol. The average molecular weight is 328 g/mol. The normalized spacial score (nSPS) is 12.5. The number of carbonyl (C=O) groups is 3. The van der Waals surface area contributed by atoms with Gasteiger partial charge in [-0.25, -0.2) is 9.18 Å². The molecule has 8 heteroatoms. The van der Waals surface area contributed by atoms with Gasteiger partial charge in [0.05, 0.1) is 11.1 Å². The molecule has 0 spiro atoms. The molecule has 0 radical (unpaired) electrons. The molecule has 4 amide bonds. The van der Waals surface area contributed by atoms with Crippen LogP contribution < -0.4 is 22.1 Å². The molecule has 0 saturated heterocycles. The van der Waals surface area contributed by atoms with E-state index in [0.717, 1.165) is 6.07 Å². The van der Waals surface area contributed by atoms with Gasteiger partial charge in [-0.2, -0.15) is 0 Å². The molecule has 0 atom stereocenters. The Morgan fingerprint density at radius 3 is 2.46 bits per heavy atom. The molecule has 6 N–H and O–H groups in total. The first-order valence-corrected chi connectivity index (χ1v) is 6.98. The highest BCUT2D eigenvalue weighted by Gasteiger charge is 2.28. The molecule has 24 heavy (non-hydrogen) atoms. The lowest BCUT2D eigenvalue weighted by molar-refractivity contribution is 0.0947. The zero-order valence-corrected chi connectivity index (χ0v) is 12.4. The van der Waals surface area contributed by atoms with Crippen molar-refractivity contribution in [1.29, 1.82) is 0 Å². The zero-order valence-electron chi connectivity index (χ0n) is 12.4. The van der Waals surface area contributed by atoms with E-state index < -0.39 is 23.7 Å². The Balaban J connectivity index is 2.13. The summed E-state index contributed by atoms with van der Waals surface area (Å²) in [5.41, 5.74) is 12.0. The lowest BCUT2D eigenvalue weighted by atomic mass is 9.92. The van der Waals surface area contributed by atoms with Crippen LogP contribution in [0.4, 0.5) is 14.9 Å². The monoisotopic (exact) mass is 328 g/mol. The van der Waals surface area contributed by atoms with Crippen LogP contribution in [-0.2, 0) is 6.54 Å². The minimum absolute atomic E-state index is 0.0937. The van der Waals surface area contributed by atoms with Crippen LogP contribution in [0.3, 0.4) is 0 Å². The van der Waals surface area contributed by atoms with Gasteiger partial charge in [0.15, 0.2) is 0 Å². The van der Waals surface area contributed by atoms with Crippen molar-refractivity contribution in [3.05, 3.63) is 52.8 Å². The van der Waals surface area contributed by atoms with Crippen molar-refractivity contribution in [1.82, 2.24) is 5.32 Å². The number of amides is 4. The van der Waals surface area contributed by atoms with E-state index in [4.69, 9.17) is 11.5 Å². The SMILES string of the molecule is NC(=O)Nc1ccc(-c2ccc(C(N)=O)c3c2CNC3=O)c(F)c1. The Kier molecular flexibility index (Phi) is 3.64. The third kappa shape index (κ3) is 2.54. The summed E-state index contributed by atoms with van der Waals surface area (Å²) in [6.07, 6.45) is 0. The number of nitrogens with one attached hydrogen (secondary N) is 2. The summed E-state index contributed by atoms with van der Waals surface area (Å²) in [5, 5.41) is 4.88. The lowest BCUT2D eigenvalue weighted by Gasteiger charge is -2.12. The fraction of sp³-hybridized carbons (Fsp3) is 0.0625. The van der Waals surface area contributed by atoms with E-state index in [-0.39, 0.29) is 28.9 Å². The number of anilines is 1. The summed E-state index contributed by atoms with van der Waals surface area (Å²) < 4.78 is 14.4. The highest BCUT2D eigenvalue weighted by atomic mass is 19.1. The second kappa shape index (κ2) is 5.65. The zero-order chi connectivity index (χ0) is 17.4. The molecule has 1 aliphatic rings. The van der Waals surface area contributed by atoms with E-state index in [1.807, 2.05) is 0 Å². The van der Waals surface area contributed by atoms with Crippen LogP contribution >= 0.6 is 0 Å². The standard InChI is InChI=1S/C16H13FN4O3/c17-12-5-7(21-16(19)24)1-2-9(12)8-3-4-10(14(18)22)13-11(8)6-20-15(13)23/h1-5H,6H2,(H2,18,22)(H,20,23)(H3,19,21,24). The first-order chi connectivity index (χ1) is 11.4. The molecular formula is C16H13FN4O3. The smallest absolute Gasteiger partial charge is 0.316 e. The predicted molar refractivity (Wildman–Crippen MR) is 84.7 cm³/mol. The maximum atomic E-state index is 14.4. The van der Waals surface area contributed by atoms with E-state index in [1.54, 1.807) is 6.07 Å². The van der Waals surface area contributed by atoms with E-state index >= 15 is 0 Å². The Bertz CT molecular complexity index is 895. The van der Waals surface area contributed by atoms with Crippen molar-refractivity contribution in [2.75, 3.05) is 5.32 Å². The van der Waals surface area contributed by atoms with Gasteiger partial charge in [0, 0.05) is 17.8 Å². The van der Waals surface area contributed by atoms with Crippen molar-refractivity contribution < 1.29 is 18.8 Å². The topological polar surface area (TPSA) is 127 Å². The van der Waals surface area contributed by atoms with Crippen LogP contribution in [0.2, 0.25) is 0 Å². The first kappa shape index (κ1) is 15.5. The molecule has 2 aromatic carbocycles. The first-order valence-electron chi connectivity index (χ1n) is 6.98. The van der Waals surface area contributed by atoms with Gasteiger partial charge in [-0.05, 0) is 35.4 Å². The van der Waals surface area contributed by atoms with Crippen molar-refractivity contribution in [2.24, 2.45) is 11.5 Å². The molecule has 0 unspecified atom stereocenters. The van der Waals surface area contributed by atoms with Gasteiger partial charge in [0.1, 0.15) is 5.82 Å². The summed E-state index contributed by atoms with van der Waals surface area (Å²) in [5.74, 6) is -1.75. The predicted octanol–water partition coefficient (Wildman–Crippen LogP) is 1.33. The van der Waals surface area contributed by atoms with E-state index in [0.29, 0.717) is 11.1 Å². The maximum absolute atomic E-state index is 14.4. The van der Waals surface area contributed by atoms with Crippen molar-refractivity contribution >= 4 is 23.5 Å². The molecule has 0 aliphatic carbocycles. The largest absolute Gasteiger partial charge is 0.366 e. The van der Waals surface area contributed by atoms with E-state index in [9.17, 15) is 18.8 Å². The lowest BCUT2D eigenvalue weighted by Crippen LogP contribution is -2.19. The molecule has 0 aromatic heterocycles. The summed E-state index contributed by atoms with van der Waals surface area (Å²) >= 11 is 0. The number of nitrogens with two attached hydrogens (primary N) is 2. The van der Waals surface area contributed by atoms with Gasteiger partial charge in [0.25, 0.3) is 5.91 Å². The summed E-state index contributed by atoms with van der Waals surface area (Å²) in [6.45, 7) is 0.172. The Morgan fingerprint density at radius 1 is 1.12 bits per heavy atom. The number of carbonyl (C=O) groups excluding carboxylic acids is 3. The number of benzene rings is 2. The second-order valence-electron chi connectivity index (χ2n) is 5.25. The second-order valence-corrected chi connectivity index (χ2v) is 5.25. The minimum atomic E-state index is -0.802. The van der Waals surface area contributed by atoms with Crippen LogP contribution in [-0.4, -0.2) is 17.8 Å². The highest BCUT2D eigenvalue weighted by molar-refractivity contribution is 6.10. The highest BCUT2D eigenvalue weighted by Crippen LogP contribution is 2.33. The van der Waals surface area contributed by atoms with Crippen molar-refractivity contribution in [3.63, 3.8) is 0 Å². The quantitative estimate of drug-likeness (QED) is 0.678. The molecule has 122 valence electrons. The maximum Gasteiger partial charge on any atom is 0.316 e. The molecule has 0 bridgehead atoms. The van der Waals surface area contributed by atoms with Crippen LogP contribution in [0.25, 0.3) is 11.1 Å². The number of rotatable bonds is 3. The van der Waals surface area contributed by atoms with Crippen LogP contribution in [0.15, 0.2) is 30.3 Å². The fourth-order valence-electron chi connectivity index (χ4n) is 2.76. The minimum Gasteiger partial charge on any atom is -0.366 e. The molecule has 3 rings (SSSR count). The Labute approximate surface area is 135 Å². The average Bonchev–Trinajstić information content (AvgIpc) is 2.88. The summed E-state index contributed by atoms with van der Waals surface area (Å²) in [7, 11) is 0. The number of fused-ring (bicyclic) bond motifs is 1. The molecule has 1 heterocycles. The van der Waals surface area contributed by atoms with Gasteiger partial charge < -0.3 is 22.1 Å². The number of urea groups is 1. The van der Waals surface area contributed by atoms with Crippen LogP contribution in [0, 0.1) is 5.82 Å². The number of hydrogen-bond acceptors (Lipinski definition) is 3. The van der Waals surface area contributed by atoms with Gasteiger partial charge in [-0.3, -0.25) is 9.59 Å². The van der Waals surface area contributed by atoms with Crippen molar-refractivity contribution in [2.45, 2.75) is 6.54 Å². The Morgan fingerprint density at radius 2 is 1.83 bits per heavy atom. The molecule has 7 nitrogen and oxygen atoms in total. The molecule has 2 aromatic rings. The van der Waals surface area contributed by atoms with Gasteiger partial charge in [-0.15, -0.1) is 0 Å². The summed E-state index contributed by atoms with van der Waals surface area (Å²) in [6, 6.07) is 6.21. The summed E-state index contributed by atoms with van der Waals surface area (Å²) in [4.78, 5) is 34.3. The van der Waals surface area contributed by atoms with Gasteiger partial charge in [0.2, 0.25) is 5.91 Å². The van der Waals surface area contributed by atoms with Gasteiger partial charge in [-0.1, -0.05) is 6.07 Å². The number of hydrogen-bond donors (Lipinski definition) is 4.